The van der Waals surface area contributed by atoms with Crippen molar-refractivity contribution in [2.24, 2.45) is 0 Å². The van der Waals surface area contributed by atoms with Gasteiger partial charge in [-0.05, 0) is 86.3 Å². The summed E-state index contributed by atoms with van der Waals surface area (Å²) in [4.78, 5) is 38.8. The number of thiazole rings is 1. The van der Waals surface area contributed by atoms with Crippen LogP contribution in [0.2, 0.25) is 0 Å². The van der Waals surface area contributed by atoms with Crippen LogP contribution in [0.15, 0.2) is 91.3 Å². The van der Waals surface area contributed by atoms with E-state index in [1.807, 2.05) is 104 Å². The Bertz CT molecular complexity index is 2150. The van der Waals surface area contributed by atoms with Crippen LogP contribution in [0.4, 0.5) is 10.9 Å². The van der Waals surface area contributed by atoms with Crippen LogP contribution in [0, 0.1) is 0 Å². The molecule has 248 valence electrons. The SMILES string of the molecule is COc1cccc(Cn2cc(-c3ccc(N4CCc5cccc(C(=O)Nc6nc7ccccc7s6)c5C4)nc3C(=O)OC(C)(C)C)cn2)c1. The molecule has 3 aromatic heterocycles. The molecule has 1 N–H and O–H groups in total. The second-order valence-electron chi connectivity index (χ2n) is 12.9. The first-order valence-corrected chi connectivity index (χ1v) is 16.9. The molecule has 0 saturated carbocycles. The molecule has 11 heteroatoms. The number of hydrogen-bond donors (Lipinski definition) is 1. The first-order valence-electron chi connectivity index (χ1n) is 16.1. The number of anilines is 2. The van der Waals surface area contributed by atoms with Gasteiger partial charge in [-0.25, -0.2) is 14.8 Å². The van der Waals surface area contributed by atoms with Crippen LogP contribution >= 0.6 is 11.3 Å². The second-order valence-corrected chi connectivity index (χ2v) is 13.9. The second kappa shape index (κ2) is 13.2. The van der Waals surface area contributed by atoms with Gasteiger partial charge in [0.25, 0.3) is 5.91 Å². The van der Waals surface area contributed by atoms with Gasteiger partial charge in [-0.15, -0.1) is 0 Å². The summed E-state index contributed by atoms with van der Waals surface area (Å²) in [7, 11) is 1.64. The summed E-state index contributed by atoms with van der Waals surface area (Å²) in [6.07, 6.45) is 4.36. The van der Waals surface area contributed by atoms with Gasteiger partial charge in [0.2, 0.25) is 0 Å². The van der Waals surface area contributed by atoms with Crippen LogP contribution in [0.25, 0.3) is 21.3 Å². The van der Waals surface area contributed by atoms with Gasteiger partial charge in [0, 0.05) is 36.0 Å². The Kier molecular flexibility index (Phi) is 8.60. The van der Waals surface area contributed by atoms with Gasteiger partial charge in [-0.2, -0.15) is 5.10 Å². The fraction of sp³-hybridized carbons (Fsp3) is 0.237. The molecule has 1 aliphatic rings. The molecule has 3 aromatic carbocycles. The zero-order chi connectivity index (χ0) is 34.1. The number of esters is 1. The third-order valence-corrected chi connectivity index (χ3v) is 9.20. The molecule has 49 heavy (non-hydrogen) atoms. The monoisotopic (exact) mass is 672 g/mol. The van der Waals surface area contributed by atoms with Crippen molar-refractivity contribution in [2.45, 2.75) is 45.9 Å². The summed E-state index contributed by atoms with van der Waals surface area (Å²) >= 11 is 1.45. The maximum atomic E-state index is 13.6. The van der Waals surface area contributed by atoms with Crippen LogP contribution in [-0.4, -0.2) is 50.9 Å². The fourth-order valence-electron chi connectivity index (χ4n) is 5.97. The van der Waals surface area contributed by atoms with Gasteiger partial charge in [-0.3, -0.25) is 14.8 Å². The topological polar surface area (TPSA) is 111 Å². The van der Waals surface area contributed by atoms with Gasteiger partial charge < -0.3 is 14.4 Å². The fourth-order valence-corrected chi connectivity index (χ4v) is 6.83. The van der Waals surface area contributed by atoms with Crippen molar-refractivity contribution in [3.8, 4) is 16.9 Å². The van der Waals surface area contributed by atoms with E-state index in [1.54, 1.807) is 13.3 Å². The van der Waals surface area contributed by atoms with E-state index in [1.165, 1.54) is 11.3 Å². The normalized spacial score (nSPS) is 12.9. The Labute approximate surface area is 288 Å². The molecule has 1 aliphatic heterocycles. The van der Waals surface area contributed by atoms with Gasteiger partial charge in [0.15, 0.2) is 10.8 Å². The van der Waals surface area contributed by atoms with E-state index < -0.39 is 11.6 Å². The summed E-state index contributed by atoms with van der Waals surface area (Å²) in [5.74, 6) is 0.679. The largest absolute Gasteiger partial charge is 0.497 e. The molecular formula is C38H36N6O4S. The molecule has 0 atom stereocenters. The maximum Gasteiger partial charge on any atom is 0.358 e. The molecule has 1 amide bonds. The molecule has 7 rings (SSSR count). The number of ether oxygens (including phenoxy) is 2. The number of nitrogens with zero attached hydrogens (tertiary/aromatic N) is 5. The predicted molar refractivity (Wildman–Crippen MR) is 191 cm³/mol. The molecule has 6 aromatic rings. The third kappa shape index (κ3) is 7.02. The number of methoxy groups -OCH3 is 1. The van der Waals surface area contributed by atoms with Gasteiger partial charge >= 0.3 is 5.97 Å². The number of nitrogens with one attached hydrogen (secondary N) is 1. The zero-order valence-corrected chi connectivity index (χ0v) is 28.6. The van der Waals surface area contributed by atoms with E-state index in [0.29, 0.717) is 41.7 Å². The number of hydrogen-bond acceptors (Lipinski definition) is 9. The lowest BCUT2D eigenvalue weighted by atomic mass is 9.94. The quantitative estimate of drug-likeness (QED) is 0.167. The van der Waals surface area contributed by atoms with E-state index in [2.05, 4.69) is 26.4 Å². The minimum absolute atomic E-state index is 0.207. The minimum atomic E-state index is -0.710. The summed E-state index contributed by atoms with van der Waals surface area (Å²) in [5.41, 5.74) is 5.39. The van der Waals surface area contributed by atoms with E-state index in [-0.39, 0.29) is 11.6 Å². The number of carbonyl (C=O) groups excluding carboxylic acids is 2. The van der Waals surface area contributed by atoms with Crippen LogP contribution in [0.5, 0.6) is 5.75 Å². The molecule has 0 fully saturated rings. The van der Waals surface area contributed by atoms with Gasteiger partial charge in [-0.1, -0.05) is 47.7 Å². The van der Waals surface area contributed by atoms with Crippen LogP contribution in [0.1, 0.15) is 58.3 Å². The zero-order valence-electron chi connectivity index (χ0n) is 27.8. The maximum absolute atomic E-state index is 13.6. The number of fused-ring (bicyclic) bond motifs is 2. The molecule has 0 unspecified atom stereocenters. The molecule has 0 spiro atoms. The van der Waals surface area contributed by atoms with Crippen molar-refractivity contribution >= 4 is 44.4 Å². The number of para-hydroxylation sites is 1. The summed E-state index contributed by atoms with van der Waals surface area (Å²) in [5, 5.41) is 8.13. The summed E-state index contributed by atoms with van der Waals surface area (Å²) < 4.78 is 14.0. The Morgan fingerprint density at radius 1 is 0.980 bits per heavy atom. The van der Waals surface area contributed by atoms with Crippen molar-refractivity contribution < 1.29 is 19.1 Å². The number of carbonyl (C=O) groups is 2. The average Bonchev–Trinajstić information content (AvgIpc) is 3.73. The predicted octanol–water partition coefficient (Wildman–Crippen LogP) is 7.38. The van der Waals surface area contributed by atoms with Crippen molar-refractivity contribution in [1.29, 1.82) is 0 Å². The number of benzene rings is 3. The lowest BCUT2D eigenvalue weighted by Crippen LogP contribution is -2.33. The van der Waals surface area contributed by atoms with E-state index in [0.717, 1.165) is 44.6 Å². The lowest BCUT2D eigenvalue weighted by molar-refractivity contribution is 0.00638. The van der Waals surface area contributed by atoms with E-state index >= 15 is 0 Å². The highest BCUT2D eigenvalue weighted by Gasteiger charge is 2.27. The number of aromatic nitrogens is 4. The first kappa shape index (κ1) is 32.0. The van der Waals surface area contributed by atoms with Crippen molar-refractivity contribution in [2.75, 3.05) is 23.9 Å². The highest BCUT2D eigenvalue weighted by molar-refractivity contribution is 7.22. The van der Waals surface area contributed by atoms with E-state index in [4.69, 9.17) is 14.5 Å². The van der Waals surface area contributed by atoms with Gasteiger partial charge in [0.05, 0.1) is 30.1 Å². The lowest BCUT2D eigenvalue weighted by Gasteiger charge is -2.31. The molecule has 10 nitrogen and oxygen atoms in total. The summed E-state index contributed by atoms with van der Waals surface area (Å²) in [6.45, 7) is 7.17. The molecule has 0 radical (unpaired) electrons. The Balaban J connectivity index is 1.17. The highest BCUT2D eigenvalue weighted by Crippen LogP contribution is 2.32. The standard InChI is InChI=1S/C38H36N6O4S/c1-38(2,3)48-36(46)34-28(26-20-39-44(22-26)21-24-9-7-11-27(19-24)47-4)15-16-33(41-34)43-18-17-25-10-8-12-29(30(25)23-43)35(45)42-37-40-31-13-5-6-14-32(31)49-37/h5-16,19-20,22H,17-18,21,23H2,1-4H3,(H,40,42,45). The van der Waals surface area contributed by atoms with Gasteiger partial charge in [0.1, 0.15) is 17.2 Å². The van der Waals surface area contributed by atoms with Crippen molar-refractivity contribution in [3.63, 3.8) is 0 Å². The molecule has 0 bridgehead atoms. The third-order valence-electron chi connectivity index (χ3n) is 8.25. The molecule has 0 aliphatic carbocycles. The Hall–Kier alpha value is -5.55. The number of rotatable bonds is 8. The first-order chi connectivity index (χ1) is 23.6. The van der Waals surface area contributed by atoms with Crippen LogP contribution in [0.3, 0.4) is 0 Å². The smallest absolute Gasteiger partial charge is 0.358 e. The van der Waals surface area contributed by atoms with Crippen LogP contribution in [-0.2, 0) is 24.2 Å². The Morgan fingerprint density at radius 3 is 2.63 bits per heavy atom. The molecule has 4 heterocycles. The molecule has 0 saturated heterocycles. The van der Waals surface area contributed by atoms with Crippen molar-refractivity contribution in [3.05, 3.63) is 119 Å². The number of pyridine rings is 1. The van der Waals surface area contributed by atoms with Crippen molar-refractivity contribution in [1.82, 2.24) is 19.7 Å². The Morgan fingerprint density at radius 2 is 1.82 bits per heavy atom. The highest BCUT2D eigenvalue weighted by atomic mass is 32.1. The van der Waals surface area contributed by atoms with E-state index in [9.17, 15) is 9.59 Å². The number of amides is 1. The molecular weight excluding hydrogens is 637 g/mol. The summed E-state index contributed by atoms with van der Waals surface area (Å²) in [6, 6.07) is 25.3. The van der Waals surface area contributed by atoms with Crippen LogP contribution < -0.4 is 15.0 Å². The minimum Gasteiger partial charge on any atom is -0.497 e. The average molecular weight is 673 g/mol.